The van der Waals surface area contributed by atoms with E-state index in [1.165, 1.54) is 0 Å². The number of rotatable bonds is 4. The van der Waals surface area contributed by atoms with Crippen molar-refractivity contribution in [2.24, 2.45) is 0 Å². The number of ether oxygens (including phenoxy) is 1. The van der Waals surface area contributed by atoms with Gasteiger partial charge in [-0.1, -0.05) is 24.3 Å². The van der Waals surface area contributed by atoms with Gasteiger partial charge in [0.2, 0.25) is 5.91 Å². The molecule has 0 radical (unpaired) electrons. The van der Waals surface area contributed by atoms with Crippen LogP contribution in [0.3, 0.4) is 0 Å². The molecule has 0 spiro atoms. The third-order valence-corrected chi connectivity index (χ3v) is 5.34. The molecule has 1 aliphatic rings. The summed E-state index contributed by atoms with van der Waals surface area (Å²) in [5.74, 6) is -0.225. The SMILES string of the molecule is Cc1ccccc1[C@@H]1[C@@H](C(=O)N(C)Cc2ccsc2)OCC(=O)N1C. The molecule has 132 valence electrons. The lowest BCUT2D eigenvalue weighted by Crippen LogP contribution is -2.53. The third-order valence-electron chi connectivity index (χ3n) is 4.61. The number of amides is 2. The molecule has 0 N–H and O–H groups in total. The van der Waals surface area contributed by atoms with E-state index in [1.807, 2.05) is 48.0 Å². The highest BCUT2D eigenvalue weighted by Gasteiger charge is 2.41. The predicted octanol–water partition coefficient (Wildman–Crippen LogP) is 2.61. The van der Waals surface area contributed by atoms with Gasteiger partial charge in [-0.25, -0.2) is 0 Å². The number of hydrogen-bond donors (Lipinski definition) is 0. The molecule has 3 rings (SSSR count). The molecule has 5 nitrogen and oxygen atoms in total. The van der Waals surface area contributed by atoms with E-state index in [2.05, 4.69) is 0 Å². The average Bonchev–Trinajstić information content (AvgIpc) is 3.10. The number of benzene rings is 1. The van der Waals surface area contributed by atoms with Crippen molar-refractivity contribution in [3.8, 4) is 0 Å². The van der Waals surface area contributed by atoms with Gasteiger partial charge in [0.25, 0.3) is 5.91 Å². The quantitative estimate of drug-likeness (QED) is 0.844. The van der Waals surface area contributed by atoms with E-state index < -0.39 is 12.1 Å². The predicted molar refractivity (Wildman–Crippen MR) is 97.2 cm³/mol. The minimum Gasteiger partial charge on any atom is -0.356 e. The lowest BCUT2D eigenvalue weighted by molar-refractivity contribution is -0.167. The summed E-state index contributed by atoms with van der Waals surface area (Å²) in [6.07, 6.45) is -0.701. The normalized spacial score (nSPS) is 20.6. The summed E-state index contributed by atoms with van der Waals surface area (Å²) < 4.78 is 5.70. The first kappa shape index (κ1) is 17.6. The van der Waals surface area contributed by atoms with Crippen molar-refractivity contribution in [3.63, 3.8) is 0 Å². The Bertz CT molecular complexity index is 760. The molecular formula is C19H22N2O3S. The van der Waals surface area contributed by atoms with Gasteiger partial charge in [-0.2, -0.15) is 11.3 Å². The Kier molecular flexibility index (Phi) is 5.20. The maximum Gasteiger partial charge on any atom is 0.254 e. The van der Waals surface area contributed by atoms with Crippen LogP contribution < -0.4 is 0 Å². The van der Waals surface area contributed by atoms with Crippen molar-refractivity contribution in [1.29, 1.82) is 0 Å². The summed E-state index contributed by atoms with van der Waals surface area (Å²) in [5.41, 5.74) is 3.07. The first-order valence-electron chi connectivity index (χ1n) is 8.18. The Morgan fingerprint density at radius 1 is 1.36 bits per heavy atom. The third kappa shape index (κ3) is 3.60. The first-order chi connectivity index (χ1) is 12.0. The largest absolute Gasteiger partial charge is 0.356 e. The molecule has 25 heavy (non-hydrogen) atoms. The molecule has 2 heterocycles. The molecule has 0 saturated carbocycles. The van der Waals surface area contributed by atoms with Crippen LogP contribution in [0.2, 0.25) is 0 Å². The van der Waals surface area contributed by atoms with Gasteiger partial charge in [-0.15, -0.1) is 0 Å². The molecule has 0 unspecified atom stereocenters. The number of morpholine rings is 1. The van der Waals surface area contributed by atoms with Crippen LogP contribution in [0, 0.1) is 6.92 Å². The second kappa shape index (κ2) is 7.37. The van der Waals surface area contributed by atoms with Crippen LogP contribution in [-0.4, -0.2) is 48.4 Å². The van der Waals surface area contributed by atoms with Gasteiger partial charge in [-0.3, -0.25) is 9.59 Å². The van der Waals surface area contributed by atoms with Crippen LogP contribution in [-0.2, 0) is 20.9 Å². The van der Waals surface area contributed by atoms with Crippen molar-refractivity contribution in [2.75, 3.05) is 20.7 Å². The van der Waals surface area contributed by atoms with Crippen molar-refractivity contribution in [1.82, 2.24) is 9.80 Å². The number of thiophene rings is 1. The number of carbonyl (C=O) groups excluding carboxylic acids is 2. The molecule has 1 aliphatic heterocycles. The maximum atomic E-state index is 13.0. The van der Waals surface area contributed by atoms with E-state index in [9.17, 15) is 9.59 Å². The highest BCUT2D eigenvalue weighted by atomic mass is 32.1. The number of aryl methyl sites for hydroxylation is 1. The molecule has 1 saturated heterocycles. The summed E-state index contributed by atoms with van der Waals surface area (Å²) >= 11 is 1.61. The Balaban J connectivity index is 1.88. The Morgan fingerprint density at radius 2 is 2.12 bits per heavy atom. The summed E-state index contributed by atoms with van der Waals surface area (Å²) in [7, 11) is 3.51. The van der Waals surface area contributed by atoms with E-state index in [4.69, 9.17) is 4.74 Å². The summed E-state index contributed by atoms with van der Waals surface area (Å²) in [6, 6.07) is 9.40. The highest BCUT2D eigenvalue weighted by Crippen LogP contribution is 2.32. The number of carbonyl (C=O) groups is 2. The zero-order valence-electron chi connectivity index (χ0n) is 14.6. The fourth-order valence-corrected chi connectivity index (χ4v) is 3.82. The van der Waals surface area contributed by atoms with Crippen LogP contribution >= 0.6 is 11.3 Å². The minimum atomic E-state index is -0.701. The highest BCUT2D eigenvalue weighted by molar-refractivity contribution is 7.07. The fraction of sp³-hybridized carbons (Fsp3) is 0.368. The van der Waals surface area contributed by atoms with Gasteiger partial charge in [0.1, 0.15) is 6.61 Å². The molecule has 2 amide bonds. The second-order valence-electron chi connectivity index (χ2n) is 6.36. The van der Waals surface area contributed by atoms with Crippen LogP contribution in [0.1, 0.15) is 22.7 Å². The second-order valence-corrected chi connectivity index (χ2v) is 7.14. The van der Waals surface area contributed by atoms with Crippen molar-refractivity contribution >= 4 is 23.2 Å². The topological polar surface area (TPSA) is 49.9 Å². The van der Waals surface area contributed by atoms with E-state index in [0.717, 1.165) is 16.7 Å². The Hall–Kier alpha value is -2.18. The van der Waals surface area contributed by atoms with Gasteiger partial charge in [0.15, 0.2) is 6.10 Å². The molecule has 1 aromatic heterocycles. The van der Waals surface area contributed by atoms with E-state index in [1.54, 1.807) is 35.2 Å². The number of hydrogen-bond acceptors (Lipinski definition) is 4. The maximum absolute atomic E-state index is 13.0. The molecule has 1 aromatic carbocycles. The first-order valence-corrected chi connectivity index (χ1v) is 9.12. The molecule has 0 bridgehead atoms. The van der Waals surface area contributed by atoms with Gasteiger partial charge in [0.05, 0.1) is 6.04 Å². The average molecular weight is 358 g/mol. The molecule has 2 aromatic rings. The zero-order chi connectivity index (χ0) is 18.0. The molecule has 2 atom stereocenters. The molecular weight excluding hydrogens is 336 g/mol. The molecule has 1 fully saturated rings. The van der Waals surface area contributed by atoms with Gasteiger partial charge >= 0.3 is 0 Å². The van der Waals surface area contributed by atoms with Crippen LogP contribution in [0.4, 0.5) is 0 Å². The van der Waals surface area contributed by atoms with E-state index in [-0.39, 0.29) is 18.4 Å². The molecule has 6 heteroatoms. The Labute approximate surface area is 151 Å². The van der Waals surface area contributed by atoms with Gasteiger partial charge < -0.3 is 14.5 Å². The Morgan fingerprint density at radius 3 is 2.80 bits per heavy atom. The summed E-state index contributed by atoms with van der Waals surface area (Å²) in [4.78, 5) is 28.5. The van der Waals surface area contributed by atoms with Crippen LogP contribution in [0.5, 0.6) is 0 Å². The van der Waals surface area contributed by atoms with Crippen molar-refractivity contribution in [3.05, 3.63) is 57.8 Å². The number of likely N-dealkylation sites (N-methyl/N-ethyl adjacent to an activating group) is 2. The summed E-state index contributed by atoms with van der Waals surface area (Å²) in [6.45, 7) is 2.45. The lowest BCUT2D eigenvalue weighted by atomic mass is 9.93. The van der Waals surface area contributed by atoms with E-state index >= 15 is 0 Å². The minimum absolute atomic E-state index is 0.0679. The smallest absolute Gasteiger partial charge is 0.254 e. The summed E-state index contributed by atoms with van der Waals surface area (Å²) in [5, 5.41) is 4.02. The van der Waals surface area contributed by atoms with Gasteiger partial charge in [-0.05, 0) is 40.4 Å². The monoisotopic (exact) mass is 358 g/mol. The van der Waals surface area contributed by atoms with Crippen molar-refractivity contribution in [2.45, 2.75) is 25.6 Å². The van der Waals surface area contributed by atoms with Crippen LogP contribution in [0.25, 0.3) is 0 Å². The standard InChI is InChI=1S/C19H22N2O3S/c1-13-6-4-5-7-15(13)17-18(24-11-16(22)21(17)3)19(23)20(2)10-14-8-9-25-12-14/h4-9,12,17-18H,10-11H2,1-3H3/t17-,18+/m1/s1. The van der Waals surface area contributed by atoms with Crippen molar-refractivity contribution < 1.29 is 14.3 Å². The van der Waals surface area contributed by atoms with E-state index in [0.29, 0.717) is 6.54 Å². The lowest BCUT2D eigenvalue weighted by Gasteiger charge is -2.40. The molecule has 0 aliphatic carbocycles. The number of nitrogens with zero attached hydrogens (tertiary/aromatic N) is 2. The van der Waals surface area contributed by atoms with Gasteiger partial charge in [0, 0.05) is 20.6 Å². The zero-order valence-corrected chi connectivity index (χ0v) is 15.5. The fourth-order valence-electron chi connectivity index (χ4n) is 3.16. The van der Waals surface area contributed by atoms with Crippen LogP contribution in [0.15, 0.2) is 41.1 Å².